The number of nitrogens with zero attached hydrogens (tertiary/aromatic N) is 2. The van der Waals surface area contributed by atoms with Crippen molar-refractivity contribution in [1.29, 1.82) is 10.5 Å². The smallest absolute Gasteiger partial charge is 0.120 e. The van der Waals surface area contributed by atoms with Crippen molar-refractivity contribution in [3.8, 4) is 35.1 Å². The van der Waals surface area contributed by atoms with Gasteiger partial charge in [-0.15, -0.1) is 0 Å². The normalized spacial score (nSPS) is 11.8. The van der Waals surface area contributed by atoms with Gasteiger partial charge < -0.3 is 18.9 Å². The summed E-state index contributed by atoms with van der Waals surface area (Å²) in [6.07, 6.45) is 0. The van der Waals surface area contributed by atoms with Crippen LogP contribution in [-0.4, -0.2) is 28.4 Å². The van der Waals surface area contributed by atoms with Crippen molar-refractivity contribution in [3.05, 3.63) is 71.8 Å². The molecule has 0 spiro atoms. The van der Waals surface area contributed by atoms with Gasteiger partial charge in [0.1, 0.15) is 23.0 Å². The van der Waals surface area contributed by atoms with E-state index >= 15 is 0 Å². The summed E-state index contributed by atoms with van der Waals surface area (Å²) in [5, 5.41) is 34.2. The second-order valence-corrected chi connectivity index (χ2v) is 10.6. The number of hydrogen-bond acceptors (Lipinski definition) is 6. The number of ether oxygens (including phenoxy) is 4. The highest BCUT2D eigenvalue weighted by atomic mass is 16.5. The molecule has 0 saturated heterocycles. The maximum atomic E-state index is 10.6. The topological polar surface area (TPSA) is 84.5 Å². The molecule has 0 aromatic heterocycles. The molecule has 0 radical (unpaired) electrons. The minimum absolute atomic E-state index is 0.557. The Labute approximate surface area is 240 Å². The lowest BCUT2D eigenvalue weighted by Gasteiger charge is -2.09. The van der Waals surface area contributed by atoms with Gasteiger partial charge in [-0.05, 0) is 125 Å². The molecule has 0 aliphatic rings. The molecule has 6 nitrogen and oxygen atoms in total. The van der Waals surface area contributed by atoms with Crippen LogP contribution < -0.4 is 18.9 Å². The fourth-order valence-corrected chi connectivity index (χ4v) is 7.02. The lowest BCUT2D eigenvalue weighted by atomic mass is 9.93. The fourth-order valence-electron chi connectivity index (χ4n) is 7.02. The second-order valence-electron chi connectivity index (χ2n) is 10.6. The molecule has 0 aliphatic heterocycles. The van der Waals surface area contributed by atoms with Crippen molar-refractivity contribution < 1.29 is 18.9 Å². The molecular weight excluding hydrogens is 524 g/mol. The zero-order chi connectivity index (χ0) is 28.9. The van der Waals surface area contributed by atoms with Crippen LogP contribution in [0.3, 0.4) is 0 Å². The maximum Gasteiger partial charge on any atom is 0.120 e. The third-order valence-corrected chi connectivity index (χ3v) is 8.70. The van der Waals surface area contributed by atoms with Gasteiger partial charge in [-0.3, -0.25) is 0 Å². The molecule has 0 heterocycles. The van der Waals surface area contributed by atoms with E-state index in [1.165, 1.54) is 0 Å². The van der Waals surface area contributed by atoms with Gasteiger partial charge in [0, 0.05) is 10.8 Å². The van der Waals surface area contributed by atoms with Gasteiger partial charge in [-0.25, -0.2) is 0 Å². The molecule has 8 aromatic rings. The van der Waals surface area contributed by atoms with E-state index in [0.717, 1.165) is 75.4 Å². The minimum atomic E-state index is 0.557. The van der Waals surface area contributed by atoms with Crippen molar-refractivity contribution in [1.82, 2.24) is 0 Å². The largest absolute Gasteiger partial charge is 0.497 e. The quantitative estimate of drug-likeness (QED) is 0.220. The average Bonchev–Trinajstić information content (AvgIpc) is 3.54. The van der Waals surface area contributed by atoms with E-state index in [1.54, 1.807) is 28.4 Å². The molecule has 0 bridgehead atoms. The van der Waals surface area contributed by atoms with E-state index in [9.17, 15) is 10.5 Å². The molecule has 200 valence electrons. The zero-order valence-corrected chi connectivity index (χ0v) is 23.3. The average molecular weight is 547 g/mol. The van der Waals surface area contributed by atoms with Crippen LogP contribution in [0.4, 0.5) is 0 Å². The summed E-state index contributed by atoms with van der Waals surface area (Å²) in [6, 6.07) is 24.9. The van der Waals surface area contributed by atoms with E-state index in [1.807, 2.05) is 60.7 Å². The Hall–Kier alpha value is -5.72. The monoisotopic (exact) mass is 546 g/mol. The highest BCUT2D eigenvalue weighted by Crippen LogP contribution is 2.51. The standard InChI is InChI=1S/C36H22N2O4/c1-39-21-5-17-7-23(41-3)13-29-31(17)27(11-21)33-19(15-37)9-26-25(35(29)33)10-20(16-38)34-28-12-22(40-2)6-18-8-24(42-4)14-30(32(18)28)36(26)34/h5-14H,1-4H3. The Morgan fingerprint density at radius 3 is 0.976 bits per heavy atom. The van der Waals surface area contributed by atoms with E-state index in [2.05, 4.69) is 12.1 Å². The first-order valence-corrected chi connectivity index (χ1v) is 13.4. The van der Waals surface area contributed by atoms with E-state index in [0.29, 0.717) is 34.1 Å². The van der Waals surface area contributed by atoms with E-state index in [4.69, 9.17) is 18.9 Å². The highest BCUT2D eigenvalue weighted by molar-refractivity contribution is 6.43. The van der Waals surface area contributed by atoms with Crippen molar-refractivity contribution in [3.63, 3.8) is 0 Å². The fraction of sp³-hybridized carbons (Fsp3) is 0.111. The Kier molecular flexibility index (Phi) is 4.82. The van der Waals surface area contributed by atoms with Crippen molar-refractivity contribution in [2.24, 2.45) is 0 Å². The van der Waals surface area contributed by atoms with Crippen LogP contribution in [0.25, 0.3) is 75.4 Å². The second kappa shape index (κ2) is 8.39. The molecule has 0 atom stereocenters. The van der Waals surface area contributed by atoms with Crippen LogP contribution in [0.2, 0.25) is 0 Å². The molecule has 8 rings (SSSR count). The summed E-state index contributed by atoms with van der Waals surface area (Å²) in [6.45, 7) is 0. The molecule has 0 aliphatic carbocycles. The molecule has 0 unspecified atom stereocenters. The molecule has 42 heavy (non-hydrogen) atoms. The molecule has 0 amide bonds. The van der Waals surface area contributed by atoms with Gasteiger partial charge in [-0.2, -0.15) is 10.5 Å². The van der Waals surface area contributed by atoms with Crippen LogP contribution >= 0.6 is 0 Å². The van der Waals surface area contributed by atoms with Gasteiger partial charge in [0.2, 0.25) is 0 Å². The van der Waals surface area contributed by atoms with Gasteiger partial charge in [0.05, 0.1) is 51.7 Å². The summed E-state index contributed by atoms with van der Waals surface area (Å²) >= 11 is 0. The first kappa shape index (κ1) is 24.1. The Morgan fingerprint density at radius 2 is 0.690 bits per heavy atom. The van der Waals surface area contributed by atoms with Gasteiger partial charge in [0.25, 0.3) is 0 Å². The van der Waals surface area contributed by atoms with Crippen molar-refractivity contribution in [2.75, 3.05) is 28.4 Å². The summed E-state index contributed by atoms with van der Waals surface area (Å²) in [4.78, 5) is 0. The van der Waals surface area contributed by atoms with Crippen LogP contribution in [0.1, 0.15) is 11.1 Å². The van der Waals surface area contributed by atoms with Gasteiger partial charge in [-0.1, -0.05) is 0 Å². The Morgan fingerprint density at radius 1 is 0.381 bits per heavy atom. The lowest BCUT2D eigenvalue weighted by Crippen LogP contribution is -1.86. The molecule has 8 aromatic carbocycles. The minimum Gasteiger partial charge on any atom is -0.497 e. The number of benzene rings is 6. The molecular formula is C36H22N2O4. The number of methoxy groups -OCH3 is 4. The SMILES string of the molecule is COc1cc2cc(OC)cc3c2c(c1)c1c(C#N)cc2c(cc(C#N)c4c5cc(OC)cc6cc(OC)cc(c65)c24)c31. The van der Waals surface area contributed by atoms with Crippen LogP contribution in [0.15, 0.2) is 60.7 Å². The molecule has 0 saturated carbocycles. The van der Waals surface area contributed by atoms with Crippen molar-refractivity contribution in [2.45, 2.75) is 0 Å². The van der Waals surface area contributed by atoms with Gasteiger partial charge in [0.15, 0.2) is 0 Å². The number of rotatable bonds is 4. The number of fused-ring (bicyclic) bond motifs is 9. The lowest BCUT2D eigenvalue weighted by molar-refractivity contribution is 0.414. The molecule has 0 fully saturated rings. The predicted molar refractivity (Wildman–Crippen MR) is 167 cm³/mol. The van der Waals surface area contributed by atoms with Crippen LogP contribution in [0, 0.1) is 22.7 Å². The summed E-state index contributed by atoms with van der Waals surface area (Å²) in [5.74, 6) is 2.80. The highest BCUT2D eigenvalue weighted by Gasteiger charge is 2.25. The van der Waals surface area contributed by atoms with Crippen LogP contribution in [-0.2, 0) is 0 Å². The Balaban J connectivity index is 1.72. The first-order valence-electron chi connectivity index (χ1n) is 13.4. The van der Waals surface area contributed by atoms with E-state index < -0.39 is 0 Å². The number of hydrogen-bond donors (Lipinski definition) is 0. The Bertz CT molecular complexity index is 2350. The summed E-state index contributed by atoms with van der Waals surface area (Å²) < 4.78 is 22.7. The summed E-state index contributed by atoms with van der Waals surface area (Å²) in [5.41, 5.74) is 1.11. The van der Waals surface area contributed by atoms with Crippen LogP contribution in [0.5, 0.6) is 23.0 Å². The maximum absolute atomic E-state index is 10.6. The number of nitriles is 2. The zero-order valence-electron chi connectivity index (χ0n) is 23.3. The van der Waals surface area contributed by atoms with E-state index in [-0.39, 0.29) is 0 Å². The van der Waals surface area contributed by atoms with Gasteiger partial charge >= 0.3 is 0 Å². The summed E-state index contributed by atoms with van der Waals surface area (Å²) in [7, 11) is 6.57. The third-order valence-electron chi connectivity index (χ3n) is 8.70. The van der Waals surface area contributed by atoms with Crippen molar-refractivity contribution >= 4 is 75.4 Å². The predicted octanol–water partition coefficient (Wildman–Crippen LogP) is 8.41. The third kappa shape index (κ3) is 2.91. The molecule has 0 N–H and O–H groups in total. The first-order chi connectivity index (χ1) is 20.5. The molecule has 6 heteroatoms.